The Morgan fingerprint density at radius 3 is 2.75 bits per heavy atom. The van der Waals surface area contributed by atoms with Crippen LogP contribution < -0.4 is 0 Å². The molecule has 2 aliphatic rings. The fourth-order valence-corrected chi connectivity index (χ4v) is 3.20. The van der Waals surface area contributed by atoms with Gasteiger partial charge in [-0.2, -0.15) is 0 Å². The molecule has 4 nitrogen and oxygen atoms in total. The smallest absolute Gasteiger partial charge is 0.0506 e. The van der Waals surface area contributed by atoms with Crippen molar-refractivity contribution in [2.75, 3.05) is 45.9 Å². The molecule has 1 atom stereocenters. The minimum absolute atomic E-state index is 0.758. The van der Waals surface area contributed by atoms with Gasteiger partial charge in [0, 0.05) is 58.3 Å². The van der Waals surface area contributed by atoms with Crippen LogP contribution in [0.3, 0.4) is 0 Å². The van der Waals surface area contributed by atoms with Crippen molar-refractivity contribution in [2.24, 2.45) is 5.92 Å². The van der Waals surface area contributed by atoms with Crippen molar-refractivity contribution in [1.29, 1.82) is 0 Å². The molecular formula is C16H25N3O. The maximum absolute atomic E-state index is 5.58. The average Bonchev–Trinajstić information content (AvgIpc) is 2.51. The molecule has 2 fully saturated rings. The number of ether oxygens (including phenoxy) is 1. The molecule has 1 aromatic heterocycles. The van der Waals surface area contributed by atoms with Gasteiger partial charge in [0.05, 0.1) is 6.61 Å². The molecule has 2 aliphatic heterocycles. The van der Waals surface area contributed by atoms with Gasteiger partial charge in [-0.05, 0) is 30.4 Å². The summed E-state index contributed by atoms with van der Waals surface area (Å²) >= 11 is 0. The average molecular weight is 275 g/mol. The first-order chi connectivity index (χ1) is 9.90. The van der Waals surface area contributed by atoms with Gasteiger partial charge in [0.15, 0.2) is 0 Å². The molecule has 1 aromatic rings. The molecule has 0 aromatic carbocycles. The van der Waals surface area contributed by atoms with E-state index in [-0.39, 0.29) is 0 Å². The van der Waals surface area contributed by atoms with E-state index in [0.717, 1.165) is 25.7 Å². The number of pyridine rings is 1. The van der Waals surface area contributed by atoms with Crippen molar-refractivity contribution in [3.8, 4) is 0 Å². The monoisotopic (exact) mass is 275 g/mol. The van der Waals surface area contributed by atoms with Crippen molar-refractivity contribution in [3.63, 3.8) is 0 Å². The van der Waals surface area contributed by atoms with Crippen molar-refractivity contribution in [2.45, 2.75) is 19.4 Å². The van der Waals surface area contributed by atoms with E-state index in [2.05, 4.69) is 20.9 Å². The number of nitrogens with zero attached hydrogens (tertiary/aromatic N) is 3. The summed E-state index contributed by atoms with van der Waals surface area (Å²) in [5.41, 5.74) is 1.32. The molecule has 110 valence electrons. The molecule has 3 heterocycles. The van der Waals surface area contributed by atoms with Gasteiger partial charge >= 0.3 is 0 Å². The first-order valence-electron chi connectivity index (χ1n) is 7.81. The molecule has 2 saturated heterocycles. The van der Waals surface area contributed by atoms with Crippen LogP contribution in [0, 0.1) is 5.92 Å². The predicted octanol–water partition coefficient (Wildman–Crippen LogP) is 1.63. The highest BCUT2D eigenvalue weighted by atomic mass is 16.5. The highest BCUT2D eigenvalue weighted by Gasteiger charge is 2.21. The molecule has 1 unspecified atom stereocenters. The number of aromatic nitrogens is 1. The van der Waals surface area contributed by atoms with E-state index in [9.17, 15) is 0 Å². The fourth-order valence-electron chi connectivity index (χ4n) is 3.20. The lowest BCUT2D eigenvalue weighted by atomic mass is 10.0. The Hall–Kier alpha value is -0.970. The number of piperazine rings is 1. The van der Waals surface area contributed by atoms with Gasteiger partial charge in [0.1, 0.15) is 0 Å². The Morgan fingerprint density at radius 2 is 2.05 bits per heavy atom. The highest BCUT2D eigenvalue weighted by molar-refractivity contribution is 5.08. The second-order valence-corrected chi connectivity index (χ2v) is 6.02. The summed E-state index contributed by atoms with van der Waals surface area (Å²) in [7, 11) is 0. The number of rotatable bonds is 4. The molecule has 0 saturated carbocycles. The Bertz CT molecular complexity index is 384. The van der Waals surface area contributed by atoms with Crippen LogP contribution in [0.5, 0.6) is 0 Å². The van der Waals surface area contributed by atoms with Gasteiger partial charge in [0.25, 0.3) is 0 Å². The number of hydrogen-bond donors (Lipinski definition) is 0. The highest BCUT2D eigenvalue weighted by Crippen LogP contribution is 2.16. The molecule has 0 N–H and O–H groups in total. The summed E-state index contributed by atoms with van der Waals surface area (Å²) in [5, 5.41) is 0. The zero-order valence-corrected chi connectivity index (χ0v) is 12.2. The van der Waals surface area contributed by atoms with Crippen LogP contribution in [-0.4, -0.2) is 60.7 Å². The molecule has 4 heteroatoms. The van der Waals surface area contributed by atoms with Crippen LogP contribution in [0.15, 0.2) is 24.5 Å². The van der Waals surface area contributed by atoms with Gasteiger partial charge < -0.3 is 9.64 Å². The van der Waals surface area contributed by atoms with Crippen molar-refractivity contribution >= 4 is 0 Å². The van der Waals surface area contributed by atoms with Crippen molar-refractivity contribution in [1.82, 2.24) is 14.8 Å². The van der Waals surface area contributed by atoms with Gasteiger partial charge in [-0.3, -0.25) is 9.88 Å². The van der Waals surface area contributed by atoms with E-state index < -0.39 is 0 Å². The van der Waals surface area contributed by atoms with E-state index >= 15 is 0 Å². The first kappa shape index (κ1) is 14.0. The normalized spacial score (nSPS) is 25.7. The minimum Gasteiger partial charge on any atom is -0.381 e. The molecule has 0 aliphatic carbocycles. The van der Waals surface area contributed by atoms with E-state index in [0.29, 0.717) is 0 Å². The molecule has 20 heavy (non-hydrogen) atoms. The second-order valence-electron chi connectivity index (χ2n) is 6.02. The zero-order valence-electron chi connectivity index (χ0n) is 12.2. The predicted molar refractivity (Wildman–Crippen MR) is 79.5 cm³/mol. The Kier molecular flexibility index (Phi) is 5.01. The Balaban J connectivity index is 1.40. The van der Waals surface area contributed by atoms with Crippen LogP contribution >= 0.6 is 0 Å². The lowest BCUT2D eigenvalue weighted by Crippen LogP contribution is -2.48. The molecule has 0 bridgehead atoms. The third-order valence-electron chi connectivity index (χ3n) is 4.36. The van der Waals surface area contributed by atoms with Gasteiger partial charge in [-0.15, -0.1) is 0 Å². The van der Waals surface area contributed by atoms with E-state index in [1.54, 1.807) is 0 Å². The zero-order chi connectivity index (χ0) is 13.6. The molecule has 0 radical (unpaired) electrons. The van der Waals surface area contributed by atoms with Crippen LogP contribution in [-0.2, 0) is 11.3 Å². The van der Waals surface area contributed by atoms with Crippen LogP contribution in [0.4, 0.5) is 0 Å². The standard InChI is InChI=1S/C16H25N3O/c1-3-15(11-17-5-1)12-18-6-8-19(9-7-18)13-16-4-2-10-20-14-16/h1,3,5,11,16H,2,4,6-10,12-14H2. The van der Waals surface area contributed by atoms with Gasteiger partial charge in [0.2, 0.25) is 0 Å². The minimum atomic E-state index is 0.758. The molecule has 3 rings (SSSR count). The topological polar surface area (TPSA) is 28.6 Å². The SMILES string of the molecule is c1cncc(CN2CCN(CC3CCCOC3)CC2)c1. The largest absolute Gasteiger partial charge is 0.381 e. The Labute approximate surface area is 121 Å². The van der Waals surface area contributed by atoms with Crippen LogP contribution in [0.2, 0.25) is 0 Å². The molecular weight excluding hydrogens is 250 g/mol. The molecule has 0 spiro atoms. The van der Waals surface area contributed by atoms with Crippen molar-refractivity contribution in [3.05, 3.63) is 30.1 Å². The first-order valence-corrected chi connectivity index (χ1v) is 7.81. The van der Waals surface area contributed by atoms with Crippen LogP contribution in [0.1, 0.15) is 18.4 Å². The van der Waals surface area contributed by atoms with E-state index in [4.69, 9.17) is 4.74 Å². The summed E-state index contributed by atoms with van der Waals surface area (Å²) in [5.74, 6) is 0.758. The van der Waals surface area contributed by atoms with Gasteiger partial charge in [-0.1, -0.05) is 6.07 Å². The van der Waals surface area contributed by atoms with Crippen molar-refractivity contribution < 1.29 is 4.74 Å². The summed E-state index contributed by atoms with van der Waals surface area (Å²) in [6.45, 7) is 8.92. The third kappa shape index (κ3) is 4.01. The number of hydrogen-bond acceptors (Lipinski definition) is 4. The summed E-state index contributed by atoms with van der Waals surface area (Å²) in [6, 6.07) is 4.19. The summed E-state index contributed by atoms with van der Waals surface area (Å²) in [4.78, 5) is 9.33. The lowest BCUT2D eigenvalue weighted by Gasteiger charge is -2.37. The third-order valence-corrected chi connectivity index (χ3v) is 4.36. The van der Waals surface area contributed by atoms with E-state index in [1.165, 1.54) is 51.1 Å². The maximum Gasteiger partial charge on any atom is 0.0506 e. The quantitative estimate of drug-likeness (QED) is 0.835. The summed E-state index contributed by atoms with van der Waals surface area (Å²) in [6.07, 6.45) is 6.40. The molecule has 0 amide bonds. The Morgan fingerprint density at radius 1 is 1.20 bits per heavy atom. The summed E-state index contributed by atoms with van der Waals surface area (Å²) < 4.78 is 5.58. The fraction of sp³-hybridized carbons (Fsp3) is 0.688. The van der Waals surface area contributed by atoms with E-state index in [1.807, 2.05) is 18.5 Å². The van der Waals surface area contributed by atoms with Crippen LogP contribution in [0.25, 0.3) is 0 Å². The lowest BCUT2D eigenvalue weighted by molar-refractivity contribution is 0.0279. The second kappa shape index (κ2) is 7.16. The maximum atomic E-state index is 5.58. The van der Waals surface area contributed by atoms with Gasteiger partial charge in [-0.25, -0.2) is 0 Å².